The van der Waals surface area contributed by atoms with Crippen LogP contribution in [-0.4, -0.2) is 70.5 Å². The number of hydrogen-bond acceptors (Lipinski definition) is 5. The van der Waals surface area contributed by atoms with Crippen LogP contribution in [-0.2, 0) is 16.1 Å². The predicted molar refractivity (Wildman–Crippen MR) is 162 cm³/mol. The average molecular weight is 561 g/mol. The lowest BCUT2D eigenvalue weighted by molar-refractivity contribution is -0.122. The molecule has 5 rings (SSSR count). The first-order valence-corrected chi connectivity index (χ1v) is 14.9. The molecule has 0 aliphatic carbocycles. The topological polar surface area (TPSA) is 93.4 Å². The van der Waals surface area contributed by atoms with E-state index in [-0.39, 0.29) is 23.3 Å². The molecular weight excluding hydrogens is 516 g/mol. The molecule has 1 aromatic carbocycles. The Balaban J connectivity index is 1.45. The number of carbonyl (C=O) groups excluding carboxylic acids is 2. The maximum absolute atomic E-state index is 13.9. The molecule has 3 aromatic rings. The van der Waals surface area contributed by atoms with Gasteiger partial charge in [-0.25, -0.2) is 0 Å². The van der Waals surface area contributed by atoms with Gasteiger partial charge in [0.1, 0.15) is 0 Å². The minimum atomic E-state index is -0.381. The minimum absolute atomic E-state index is 0.00701. The van der Waals surface area contributed by atoms with Crippen molar-refractivity contribution in [3.63, 3.8) is 0 Å². The van der Waals surface area contributed by atoms with E-state index in [9.17, 15) is 9.59 Å². The fraction of sp³-hybridized carbons (Fsp3) is 0.531. The van der Waals surface area contributed by atoms with E-state index >= 15 is 0 Å². The maximum Gasteiger partial charge on any atom is 0.252 e. The number of allylic oxidation sites excluding steroid dienone is 1. The fourth-order valence-corrected chi connectivity index (χ4v) is 6.41. The summed E-state index contributed by atoms with van der Waals surface area (Å²) >= 11 is 0. The van der Waals surface area contributed by atoms with Gasteiger partial charge >= 0.3 is 0 Å². The normalized spacial score (nSPS) is 20.0. The van der Waals surface area contributed by atoms with Crippen LogP contribution in [0.3, 0.4) is 0 Å². The van der Waals surface area contributed by atoms with Crippen molar-refractivity contribution in [2.45, 2.75) is 66.5 Å². The molecule has 9 heteroatoms. The number of benzene rings is 1. The van der Waals surface area contributed by atoms with E-state index < -0.39 is 0 Å². The SMILES string of the molecule is CCCC1(CNC(=O)c2cc(-c3cnn(CCN4CCOCC4)c3)cc3c2c(C)cn3C(C)C)C=C(C)NC(=O)C1. The number of morpholine rings is 1. The van der Waals surface area contributed by atoms with Gasteiger partial charge < -0.3 is 19.9 Å². The second-order valence-electron chi connectivity index (χ2n) is 12.0. The van der Waals surface area contributed by atoms with Crippen molar-refractivity contribution >= 4 is 22.7 Å². The molecule has 2 amide bonds. The Labute approximate surface area is 242 Å². The summed E-state index contributed by atoms with van der Waals surface area (Å²) in [5, 5.41) is 11.7. The first-order valence-electron chi connectivity index (χ1n) is 14.9. The van der Waals surface area contributed by atoms with Crippen molar-refractivity contribution in [2.75, 3.05) is 39.4 Å². The molecule has 0 radical (unpaired) electrons. The van der Waals surface area contributed by atoms with Crippen LogP contribution in [0.4, 0.5) is 0 Å². The summed E-state index contributed by atoms with van der Waals surface area (Å²) in [6.45, 7) is 16.0. The Bertz CT molecular complexity index is 1440. The van der Waals surface area contributed by atoms with Gasteiger partial charge in [-0.3, -0.25) is 19.2 Å². The maximum atomic E-state index is 13.9. The quantitative estimate of drug-likeness (QED) is 0.376. The first kappa shape index (κ1) is 29.1. The molecule has 1 saturated heterocycles. The number of rotatable bonds is 10. The van der Waals surface area contributed by atoms with Crippen molar-refractivity contribution in [3.05, 3.63) is 53.6 Å². The van der Waals surface area contributed by atoms with Crippen LogP contribution >= 0.6 is 0 Å². The molecule has 41 heavy (non-hydrogen) atoms. The van der Waals surface area contributed by atoms with Gasteiger partial charge in [-0.2, -0.15) is 5.10 Å². The van der Waals surface area contributed by atoms with Crippen molar-refractivity contribution in [1.29, 1.82) is 0 Å². The predicted octanol–water partition coefficient (Wildman–Crippen LogP) is 4.67. The lowest BCUT2D eigenvalue weighted by Gasteiger charge is -2.34. The number of carbonyl (C=O) groups is 2. The zero-order chi connectivity index (χ0) is 29.1. The largest absolute Gasteiger partial charge is 0.379 e. The Morgan fingerprint density at radius 3 is 2.63 bits per heavy atom. The van der Waals surface area contributed by atoms with Crippen LogP contribution in [0.25, 0.3) is 22.0 Å². The van der Waals surface area contributed by atoms with Crippen LogP contribution in [0.1, 0.15) is 68.9 Å². The fourth-order valence-electron chi connectivity index (χ4n) is 6.41. The first-order chi connectivity index (χ1) is 19.7. The monoisotopic (exact) mass is 560 g/mol. The average Bonchev–Trinajstić information content (AvgIpc) is 3.55. The van der Waals surface area contributed by atoms with Crippen LogP contribution < -0.4 is 10.6 Å². The summed E-state index contributed by atoms with van der Waals surface area (Å²) < 4.78 is 9.69. The number of hydrogen-bond donors (Lipinski definition) is 2. The third kappa shape index (κ3) is 6.41. The highest BCUT2D eigenvalue weighted by Crippen LogP contribution is 2.35. The van der Waals surface area contributed by atoms with Gasteiger partial charge in [0, 0.05) is 84.2 Å². The Morgan fingerprint density at radius 1 is 1.15 bits per heavy atom. The van der Waals surface area contributed by atoms with Gasteiger partial charge in [-0.05, 0) is 57.4 Å². The third-order valence-electron chi connectivity index (χ3n) is 8.36. The van der Waals surface area contributed by atoms with Gasteiger partial charge in [0.05, 0.1) is 26.0 Å². The van der Waals surface area contributed by atoms with Gasteiger partial charge in [0.15, 0.2) is 0 Å². The molecule has 1 atom stereocenters. The number of nitrogens with one attached hydrogen (secondary N) is 2. The van der Waals surface area contributed by atoms with Crippen LogP contribution in [0.15, 0.2) is 42.5 Å². The van der Waals surface area contributed by atoms with Crippen LogP contribution in [0.2, 0.25) is 0 Å². The molecule has 1 fully saturated rings. The van der Waals surface area contributed by atoms with Gasteiger partial charge in [-0.15, -0.1) is 0 Å². The lowest BCUT2D eigenvalue weighted by atomic mass is 9.77. The summed E-state index contributed by atoms with van der Waals surface area (Å²) in [6, 6.07) is 4.42. The van der Waals surface area contributed by atoms with E-state index in [1.807, 2.05) is 23.9 Å². The number of fused-ring (bicyclic) bond motifs is 1. The summed E-state index contributed by atoms with van der Waals surface area (Å²) in [4.78, 5) is 28.7. The highest BCUT2D eigenvalue weighted by molar-refractivity contribution is 6.09. The van der Waals surface area contributed by atoms with Crippen molar-refractivity contribution in [1.82, 2.24) is 29.9 Å². The second-order valence-corrected chi connectivity index (χ2v) is 12.0. The number of aromatic nitrogens is 3. The van der Waals surface area contributed by atoms with E-state index in [1.165, 1.54) is 0 Å². The summed E-state index contributed by atoms with van der Waals surface area (Å²) in [6.07, 6.45) is 10.4. The molecule has 2 aliphatic rings. The van der Waals surface area contributed by atoms with E-state index in [2.05, 4.69) is 77.4 Å². The Kier molecular flexibility index (Phi) is 8.66. The molecule has 0 bridgehead atoms. The standard InChI is InChI=1S/C32H44N6O3/c1-6-7-32(16-24(5)35-29(39)17-32)21-33-31(40)27-14-25(15-28-30(27)23(4)19-38(28)22(2)3)26-18-34-37(20-26)9-8-36-10-12-41-13-11-36/h14-16,18-20,22H,6-13,17,21H2,1-5H3,(H,33,40)(H,35,39). The Morgan fingerprint density at radius 2 is 1.93 bits per heavy atom. The third-order valence-corrected chi connectivity index (χ3v) is 8.36. The molecule has 0 saturated carbocycles. The molecular formula is C32H44N6O3. The minimum Gasteiger partial charge on any atom is -0.379 e. The number of nitrogens with zero attached hydrogens (tertiary/aromatic N) is 4. The Hall–Kier alpha value is -3.43. The number of amides is 2. The smallest absolute Gasteiger partial charge is 0.252 e. The molecule has 4 heterocycles. The molecule has 2 N–H and O–H groups in total. The van der Waals surface area contributed by atoms with Gasteiger partial charge in [0.2, 0.25) is 5.91 Å². The second kappa shape index (κ2) is 12.2. The molecule has 2 aromatic heterocycles. The van der Waals surface area contributed by atoms with Crippen molar-refractivity contribution in [2.24, 2.45) is 5.41 Å². The van der Waals surface area contributed by atoms with E-state index in [4.69, 9.17) is 4.74 Å². The lowest BCUT2D eigenvalue weighted by Crippen LogP contribution is -2.43. The summed E-state index contributed by atoms with van der Waals surface area (Å²) in [5.41, 5.74) is 5.19. The van der Waals surface area contributed by atoms with E-state index in [0.717, 1.165) is 85.5 Å². The zero-order valence-electron chi connectivity index (χ0n) is 25.1. The highest BCUT2D eigenvalue weighted by atomic mass is 16.5. The van der Waals surface area contributed by atoms with Crippen LogP contribution in [0.5, 0.6) is 0 Å². The van der Waals surface area contributed by atoms with Crippen molar-refractivity contribution < 1.29 is 14.3 Å². The highest BCUT2D eigenvalue weighted by Gasteiger charge is 2.34. The molecule has 9 nitrogen and oxygen atoms in total. The van der Waals surface area contributed by atoms with E-state index in [0.29, 0.717) is 18.5 Å². The molecule has 1 unspecified atom stereocenters. The molecule has 2 aliphatic heterocycles. The number of ether oxygens (including phenoxy) is 1. The molecule has 0 spiro atoms. The summed E-state index contributed by atoms with van der Waals surface area (Å²) in [5.74, 6) is -0.110. The number of aryl methyl sites for hydroxylation is 1. The van der Waals surface area contributed by atoms with Crippen molar-refractivity contribution in [3.8, 4) is 11.1 Å². The summed E-state index contributed by atoms with van der Waals surface area (Å²) in [7, 11) is 0. The van der Waals surface area contributed by atoms with Gasteiger partial charge in [-0.1, -0.05) is 19.4 Å². The van der Waals surface area contributed by atoms with Gasteiger partial charge in [0.25, 0.3) is 5.91 Å². The van der Waals surface area contributed by atoms with E-state index in [1.54, 1.807) is 0 Å². The molecule has 220 valence electrons. The van der Waals surface area contributed by atoms with Crippen LogP contribution in [0, 0.1) is 12.3 Å². The zero-order valence-corrected chi connectivity index (χ0v) is 25.1.